The van der Waals surface area contributed by atoms with E-state index in [9.17, 15) is 66.1 Å². The highest BCUT2D eigenvalue weighted by atomic mass is 16.8. The maximum Gasteiger partial charge on any atom is 0.331 e. The number of aliphatic hydroxyl groups excluding tert-OH is 8. The Bertz CT molecular complexity index is 1570. The van der Waals surface area contributed by atoms with Crippen molar-refractivity contribution in [3.05, 3.63) is 53.6 Å². The first kappa shape index (κ1) is 41.5. The molecule has 0 amide bonds. The molecule has 14 atom stereocenters. The monoisotopic (exact) mass is 772 g/mol. The zero-order valence-corrected chi connectivity index (χ0v) is 28.4. The molecule has 5 rings (SSSR count). The highest BCUT2D eigenvalue weighted by Crippen LogP contribution is 2.35. The Balaban J connectivity index is 1.49. The number of hydrogen-bond donors (Lipinski definition) is 12. The number of carbonyl (C=O) groups is 1. The summed E-state index contributed by atoms with van der Waals surface area (Å²) in [5, 5.41) is 122. The van der Waals surface area contributed by atoms with Crippen LogP contribution in [0, 0.1) is 0 Å². The maximum absolute atomic E-state index is 13.2. The average molecular weight is 773 g/mol. The van der Waals surface area contributed by atoms with E-state index in [1.165, 1.54) is 36.4 Å². The first-order valence-electron chi connectivity index (χ1n) is 16.8. The molecule has 0 bridgehead atoms. The normalized spacial score (nSPS) is 35.9. The van der Waals surface area contributed by atoms with Crippen molar-refractivity contribution in [3.63, 3.8) is 0 Å². The Kier molecular flexibility index (Phi) is 14.0. The van der Waals surface area contributed by atoms with Crippen LogP contribution in [0.2, 0.25) is 0 Å². The molecule has 3 saturated heterocycles. The molecule has 54 heavy (non-hydrogen) atoms. The van der Waals surface area contributed by atoms with Gasteiger partial charge in [0, 0.05) is 6.08 Å². The van der Waals surface area contributed by atoms with Crippen LogP contribution in [0.25, 0.3) is 6.08 Å². The van der Waals surface area contributed by atoms with Gasteiger partial charge in [-0.25, -0.2) is 4.79 Å². The van der Waals surface area contributed by atoms with Crippen LogP contribution >= 0.6 is 0 Å². The average Bonchev–Trinajstić information content (AvgIpc) is 3.15. The van der Waals surface area contributed by atoms with Crippen LogP contribution in [0.3, 0.4) is 0 Å². The number of phenols is 4. The van der Waals surface area contributed by atoms with Crippen LogP contribution in [-0.4, -0.2) is 180 Å². The van der Waals surface area contributed by atoms with Gasteiger partial charge >= 0.3 is 5.97 Å². The Morgan fingerprint density at radius 2 is 1.31 bits per heavy atom. The Hall–Kier alpha value is -3.71. The summed E-state index contributed by atoms with van der Waals surface area (Å²) < 4.78 is 40.7. The molecular weight excluding hydrogens is 728 g/mol. The molecule has 3 fully saturated rings. The number of carbonyl (C=O) groups excluding carboxylic acids is 1. The summed E-state index contributed by atoms with van der Waals surface area (Å²) in [6, 6.07) is 7.71. The number of phenolic OH excluding ortho intramolecular Hbond substituents is 4. The molecule has 0 aliphatic carbocycles. The van der Waals surface area contributed by atoms with Gasteiger partial charge in [0.1, 0.15) is 61.0 Å². The number of esters is 1. The van der Waals surface area contributed by atoms with Crippen LogP contribution in [0.4, 0.5) is 0 Å². The van der Waals surface area contributed by atoms with Gasteiger partial charge in [-0.2, -0.15) is 0 Å². The Morgan fingerprint density at radius 3 is 1.98 bits per heavy atom. The lowest BCUT2D eigenvalue weighted by Crippen LogP contribution is -2.67. The predicted molar refractivity (Wildman–Crippen MR) is 175 cm³/mol. The molecule has 3 heterocycles. The summed E-state index contributed by atoms with van der Waals surface area (Å²) in [4.78, 5) is 13.2. The number of rotatable bonds is 13. The second-order valence-corrected chi connectivity index (χ2v) is 12.8. The van der Waals surface area contributed by atoms with Crippen molar-refractivity contribution in [2.75, 3.05) is 26.4 Å². The molecule has 3 aliphatic rings. The van der Waals surface area contributed by atoms with Gasteiger partial charge in [0.2, 0.25) is 0 Å². The third-order valence-electron chi connectivity index (χ3n) is 9.03. The smallest absolute Gasteiger partial charge is 0.331 e. The standard InChI is InChI=1S/C34H44O20/c35-11-21-25(44)26(45)28(47)33(50-21)53-30-29(52-23(42)6-3-14-1-4-16(37)18(39)9-14)22(12-36)51-34(48-8-7-15-2-5-17(38)19(40)10-15)31(30)54-32-27(46)24(43)20(41)13-49-32/h1-6,9-10,20-22,24-41,43-47H,7-8,11-13H2. The fourth-order valence-corrected chi connectivity index (χ4v) is 5.99. The predicted octanol–water partition coefficient (Wildman–Crippen LogP) is -3.58. The summed E-state index contributed by atoms with van der Waals surface area (Å²) in [5.41, 5.74) is 0.755. The highest BCUT2D eigenvalue weighted by molar-refractivity contribution is 5.87. The molecule has 0 radical (unpaired) electrons. The molecule has 0 aromatic heterocycles. The van der Waals surface area contributed by atoms with Gasteiger partial charge in [-0.3, -0.25) is 0 Å². The third kappa shape index (κ3) is 9.56. The van der Waals surface area contributed by atoms with E-state index in [0.29, 0.717) is 5.56 Å². The van der Waals surface area contributed by atoms with E-state index in [4.69, 9.17) is 33.2 Å². The number of benzene rings is 2. The van der Waals surface area contributed by atoms with Crippen LogP contribution in [0.15, 0.2) is 42.5 Å². The zero-order chi connectivity index (χ0) is 39.3. The summed E-state index contributed by atoms with van der Waals surface area (Å²) in [5.74, 6) is -2.74. The van der Waals surface area contributed by atoms with Crippen molar-refractivity contribution in [1.82, 2.24) is 0 Å². The lowest BCUT2D eigenvalue weighted by atomic mass is 9.96. The van der Waals surface area contributed by atoms with Crippen molar-refractivity contribution in [2.45, 2.75) is 92.4 Å². The quantitative estimate of drug-likeness (QED) is 0.0532. The van der Waals surface area contributed by atoms with E-state index >= 15 is 0 Å². The fraction of sp³-hybridized carbons (Fsp3) is 0.559. The molecule has 12 N–H and O–H groups in total. The summed E-state index contributed by atoms with van der Waals surface area (Å²) in [6.45, 7) is -2.43. The maximum atomic E-state index is 13.2. The van der Waals surface area contributed by atoms with E-state index in [-0.39, 0.29) is 24.3 Å². The summed E-state index contributed by atoms with van der Waals surface area (Å²) >= 11 is 0. The zero-order valence-electron chi connectivity index (χ0n) is 28.4. The van der Waals surface area contributed by atoms with Crippen molar-refractivity contribution < 1.29 is 99.2 Å². The summed E-state index contributed by atoms with van der Waals surface area (Å²) in [7, 11) is 0. The van der Waals surface area contributed by atoms with E-state index in [1.54, 1.807) is 0 Å². The van der Waals surface area contributed by atoms with E-state index in [2.05, 4.69) is 0 Å². The van der Waals surface area contributed by atoms with Crippen molar-refractivity contribution in [1.29, 1.82) is 0 Å². The molecule has 20 heteroatoms. The van der Waals surface area contributed by atoms with Gasteiger partial charge in [0.25, 0.3) is 0 Å². The highest BCUT2D eigenvalue weighted by Gasteiger charge is 2.55. The topological polar surface area (TPSA) is 324 Å². The second kappa shape index (κ2) is 18.3. The first-order chi connectivity index (χ1) is 25.7. The molecule has 14 unspecified atom stereocenters. The first-order valence-corrected chi connectivity index (χ1v) is 16.8. The summed E-state index contributed by atoms with van der Waals surface area (Å²) in [6.07, 6.45) is -22.0. The van der Waals surface area contributed by atoms with Gasteiger partial charge in [-0.05, 0) is 47.9 Å². The second-order valence-electron chi connectivity index (χ2n) is 12.8. The van der Waals surface area contributed by atoms with Crippen LogP contribution in [-0.2, 0) is 44.4 Å². The molecule has 0 saturated carbocycles. The van der Waals surface area contributed by atoms with Gasteiger partial charge in [-0.1, -0.05) is 12.1 Å². The van der Waals surface area contributed by atoms with Gasteiger partial charge in [0.05, 0.1) is 26.4 Å². The minimum Gasteiger partial charge on any atom is -0.504 e. The van der Waals surface area contributed by atoms with Crippen molar-refractivity contribution in [3.8, 4) is 23.0 Å². The van der Waals surface area contributed by atoms with Crippen LogP contribution in [0.1, 0.15) is 11.1 Å². The van der Waals surface area contributed by atoms with E-state index in [0.717, 1.165) is 12.1 Å². The molecular formula is C34H44O20. The number of ether oxygens (including phenoxy) is 7. The largest absolute Gasteiger partial charge is 0.504 e. The Labute approximate surface area is 306 Å². The fourth-order valence-electron chi connectivity index (χ4n) is 5.99. The molecule has 20 nitrogen and oxygen atoms in total. The van der Waals surface area contributed by atoms with Crippen LogP contribution in [0.5, 0.6) is 23.0 Å². The van der Waals surface area contributed by atoms with Gasteiger partial charge in [0.15, 0.2) is 48.0 Å². The number of aliphatic hydroxyl groups is 8. The molecule has 0 spiro atoms. The minimum absolute atomic E-state index is 0.0892. The van der Waals surface area contributed by atoms with E-state index < -0.39 is 129 Å². The van der Waals surface area contributed by atoms with Crippen LogP contribution < -0.4 is 0 Å². The van der Waals surface area contributed by atoms with Crippen molar-refractivity contribution >= 4 is 12.0 Å². The molecule has 2 aromatic rings. The lowest BCUT2D eigenvalue weighted by molar-refractivity contribution is -0.386. The molecule has 2 aromatic carbocycles. The SMILES string of the molecule is O=C(C=Cc1ccc(O)c(O)c1)OC1C(CO)OC(OCCc2ccc(O)c(O)c2)C(OC2OCC(O)C(O)C2O)C1OC1OC(CO)C(O)C(O)C1O. The third-order valence-corrected chi connectivity index (χ3v) is 9.03. The minimum atomic E-state index is -1.99. The van der Waals surface area contributed by atoms with Crippen molar-refractivity contribution in [2.24, 2.45) is 0 Å². The number of hydrogen-bond acceptors (Lipinski definition) is 20. The molecule has 300 valence electrons. The number of aromatic hydroxyl groups is 4. The van der Waals surface area contributed by atoms with Gasteiger partial charge in [-0.15, -0.1) is 0 Å². The van der Waals surface area contributed by atoms with E-state index in [1.807, 2.05) is 0 Å². The van der Waals surface area contributed by atoms with Gasteiger partial charge < -0.3 is 94.4 Å². The molecule has 3 aliphatic heterocycles. The lowest BCUT2D eigenvalue weighted by Gasteiger charge is -2.49. The Morgan fingerprint density at radius 1 is 0.685 bits per heavy atom.